The van der Waals surface area contributed by atoms with Crippen molar-refractivity contribution in [3.05, 3.63) is 59.7 Å². The number of rotatable bonds is 6. The van der Waals surface area contributed by atoms with Crippen LogP contribution in [-0.4, -0.2) is 31.6 Å². The molecule has 0 fully saturated rings. The molecule has 1 amide bonds. The first-order valence-electron chi connectivity index (χ1n) is 8.22. The Hall–Kier alpha value is -2.82. The van der Waals surface area contributed by atoms with Crippen LogP contribution in [0.4, 0.5) is 11.4 Å². The molecular formula is C20H24N2O3. The van der Waals surface area contributed by atoms with E-state index in [9.17, 15) is 9.59 Å². The van der Waals surface area contributed by atoms with E-state index in [4.69, 9.17) is 4.74 Å². The van der Waals surface area contributed by atoms with Gasteiger partial charge in [0, 0.05) is 17.4 Å². The van der Waals surface area contributed by atoms with Gasteiger partial charge in [-0.05, 0) is 51.1 Å². The average Bonchev–Trinajstić information content (AvgIpc) is 2.60. The molecule has 0 saturated heterocycles. The number of esters is 1. The molecule has 5 nitrogen and oxygen atoms in total. The number of ether oxygens (including phenoxy) is 1. The smallest absolute Gasteiger partial charge is 0.337 e. The molecule has 0 aliphatic carbocycles. The predicted octanol–water partition coefficient (Wildman–Crippen LogP) is 3.64. The van der Waals surface area contributed by atoms with Crippen LogP contribution in [0, 0.1) is 6.92 Å². The normalized spacial score (nSPS) is 10.4. The zero-order valence-electron chi connectivity index (χ0n) is 15.1. The summed E-state index contributed by atoms with van der Waals surface area (Å²) in [5.41, 5.74) is 3.15. The van der Waals surface area contributed by atoms with E-state index in [1.165, 1.54) is 12.7 Å². The lowest BCUT2D eigenvalue weighted by molar-refractivity contribution is -0.115. The molecule has 0 unspecified atom stereocenters. The van der Waals surface area contributed by atoms with Crippen LogP contribution in [0.3, 0.4) is 0 Å². The summed E-state index contributed by atoms with van der Waals surface area (Å²) in [6.45, 7) is 6.35. The van der Waals surface area contributed by atoms with E-state index in [2.05, 4.69) is 5.32 Å². The Kier molecular flexibility index (Phi) is 6.17. The molecule has 0 radical (unpaired) electrons. The summed E-state index contributed by atoms with van der Waals surface area (Å²) in [4.78, 5) is 26.1. The molecule has 132 valence electrons. The maximum atomic E-state index is 12.4. The van der Waals surface area contributed by atoms with Gasteiger partial charge in [0.05, 0.1) is 19.2 Å². The molecule has 0 bridgehead atoms. The van der Waals surface area contributed by atoms with Crippen LogP contribution in [0.5, 0.6) is 0 Å². The van der Waals surface area contributed by atoms with Crippen LogP contribution in [0.25, 0.3) is 0 Å². The summed E-state index contributed by atoms with van der Waals surface area (Å²) < 4.78 is 4.70. The van der Waals surface area contributed by atoms with Gasteiger partial charge < -0.3 is 15.0 Å². The quantitative estimate of drug-likeness (QED) is 0.816. The molecule has 0 heterocycles. The molecule has 1 N–H and O–H groups in total. The van der Waals surface area contributed by atoms with Gasteiger partial charge in [-0.25, -0.2) is 4.79 Å². The minimum Gasteiger partial charge on any atom is -0.465 e. The van der Waals surface area contributed by atoms with Crippen LogP contribution in [0.2, 0.25) is 0 Å². The van der Waals surface area contributed by atoms with Gasteiger partial charge in [0.1, 0.15) is 0 Å². The maximum Gasteiger partial charge on any atom is 0.337 e. The molecule has 0 aromatic heterocycles. The van der Waals surface area contributed by atoms with Crippen LogP contribution in [0.15, 0.2) is 48.5 Å². The Bertz CT molecular complexity index is 739. The number of carbonyl (C=O) groups excluding carboxylic acids is 2. The van der Waals surface area contributed by atoms with Gasteiger partial charge in [-0.1, -0.05) is 23.8 Å². The second-order valence-electron chi connectivity index (χ2n) is 6.18. The lowest BCUT2D eigenvalue weighted by Crippen LogP contribution is -2.38. The molecule has 0 spiro atoms. The number of hydrogen-bond acceptors (Lipinski definition) is 4. The van der Waals surface area contributed by atoms with E-state index in [1.807, 2.05) is 49.9 Å². The number of methoxy groups -OCH3 is 1. The minimum atomic E-state index is -0.431. The lowest BCUT2D eigenvalue weighted by atomic mass is 10.2. The zero-order chi connectivity index (χ0) is 18.4. The standard InChI is InChI=1S/C20H24N2O3/c1-14(2)22(18-10-8-15(3)9-11-18)13-19(23)21-17-7-5-6-16(12-17)20(24)25-4/h5-12,14H,13H2,1-4H3,(H,21,23). The molecule has 2 rings (SSSR count). The summed E-state index contributed by atoms with van der Waals surface area (Å²) in [5.74, 6) is -0.573. The van der Waals surface area contributed by atoms with Crippen LogP contribution >= 0.6 is 0 Å². The fourth-order valence-corrected chi connectivity index (χ4v) is 2.51. The van der Waals surface area contributed by atoms with Crippen molar-refractivity contribution >= 4 is 23.3 Å². The summed E-state index contributed by atoms with van der Waals surface area (Å²) in [6.07, 6.45) is 0. The summed E-state index contributed by atoms with van der Waals surface area (Å²) in [6, 6.07) is 15.0. The fourth-order valence-electron chi connectivity index (χ4n) is 2.51. The number of nitrogens with one attached hydrogen (secondary N) is 1. The van der Waals surface area contributed by atoms with Gasteiger partial charge in [-0.3, -0.25) is 4.79 Å². The highest BCUT2D eigenvalue weighted by Gasteiger charge is 2.15. The molecular weight excluding hydrogens is 316 g/mol. The largest absolute Gasteiger partial charge is 0.465 e. The number of aryl methyl sites for hydroxylation is 1. The predicted molar refractivity (Wildman–Crippen MR) is 100 cm³/mol. The van der Waals surface area contributed by atoms with Crippen LogP contribution in [0.1, 0.15) is 29.8 Å². The Labute approximate surface area is 148 Å². The Balaban J connectivity index is 2.09. The summed E-state index contributed by atoms with van der Waals surface area (Å²) >= 11 is 0. The van der Waals surface area contributed by atoms with Crippen molar-refractivity contribution in [2.75, 3.05) is 23.9 Å². The summed E-state index contributed by atoms with van der Waals surface area (Å²) in [5, 5.41) is 2.84. The molecule has 2 aromatic carbocycles. The SMILES string of the molecule is COC(=O)c1cccc(NC(=O)CN(c2ccc(C)cc2)C(C)C)c1. The molecule has 0 aliphatic heterocycles. The van der Waals surface area contributed by atoms with Gasteiger partial charge in [-0.2, -0.15) is 0 Å². The van der Waals surface area contributed by atoms with Gasteiger partial charge in [0.15, 0.2) is 0 Å². The number of hydrogen-bond donors (Lipinski definition) is 1. The third kappa shape index (κ3) is 5.08. The van der Waals surface area contributed by atoms with Crippen LogP contribution in [-0.2, 0) is 9.53 Å². The average molecular weight is 340 g/mol. The van der Waals surface area contributed by atoms with E-state index in [-0.39, 0.29) is 18.5 Å². The van der Waals surface area contributed by atoms with E-state index < -0.39 is 5.97 Å². The van der Waals surface area contributed by atoms with Gasteiger partial charge in [-0.15, -0.1) is 0 Å². The lowest BCUT2D eigenvalue weighted by Gasteiger charge is -2.28. The number of amides is 1. The van der Waals surface area contributed by atoms with Crippen molar-refractivity contribution in [2.24, 2.45) is 0 Å². The molecule has 0 atom stereocenters. The monoisotopic (exact) mass is 340 g/mol. The van der Waals surface area contributed by atoms with Gasteiger partial charge >= 0.3 is 5.97 Å². The third-order valence-electron chi connectivity index (χ3n) is 3.87. The van der Waals surface area contributed by atoms with Crippen molar-refractivity contribution in [1.29, 1.82) is 0 Å². The molecule has 0 saturated carbocycles. The first kappa shape index (κ1) is 18.5. The molecule has 2 aromatic rings. The second-order valence-corrected chi connectivity index (χ2v) is 6.18. The first-order valence-corrected chi connectivity index (χ1v) is 8.22. The fraction of sp³-hybridized carbons (Fsp3) is 0.300. The highest BCUT2D eigenvalue weighted by molar-refractivity contribution is 5.96. The van der Waals surface area contributed by atoms with Crippen molar-refractivity contribution in [2.45, 2.75) is 26.8 Å². The van der Waals surface area contributed by atoms with Crippen molar-refractivity contribution < 1.29 is 14.3 Å². The van der Waals surface area contributed by atoms with E-state index >= 15 is 0 Å². The van der Waals surface area contributed by atoms with Gasteiger partial charge in [0.25, 0.3) is 0 Å². The Morgan fingerprint density at radius 1 is 1.12 bits per heavy atom. The number of anilines is 2. The first-order chi connectivity index (χ1) is 11.9. The van der Waals surface area contributed by atoms with E-state index in [0.29, 0.717) is 11.3 Å². The highest BCUT2D eigenvalue weighted by atomic mass is 16.5. The second kappa shape index (κ2) is 8.33. The van der Waals surface area contributed by atoms with Crippen LogP contribution < -0.4 is 10.2 Å². The number of benzene rings is 2. The Morgan fingerprint density at radius 3 is 2.40 bits per heavy atom. The van der Waals surface area contributed by atoms with Crippen molar-refractivity contribution in [3.8, 4) is 0 Å². The molecule has 0 aliphatic rings. The summed E-state index contributed by atoms with van der Waals surface area (Å²) in [7, 11) is 1.33. The third-order valence-corrected chi connectivity index (χ3v) is 3.87. The van der Waals surface area contributed by atoms with E-state index in [0.717, 1.165) is 5.69 Å². The maximum absolute atomic E-state index is 12.4. The van der Waals surface area contributed by atoms with Crippen molar-refractivity contribution in [1.82, 2.24) is 0 Å². The number of nitrogens with zero attached hydrogens (tertiary/aromatic N) is 1. The minimum absolute atomic E-state index is 0.142. The Morgan fingerprint density at radius 2 is 1.80 bits per heavy atom. The molecule has 25 heavy (non-hydrogen) atoms. The highest BCUT2D eigenvalue weighted by Crippen LogP contribution is 2.18. The number of carbonyl (C=O) groups is 2. The topological polar surface area (TPSA) is 58.6 Å². The zero-order valence-corrected chi connectivity index (χ0v) is 15.1. The van der Waals surface area contributed by atoms with Gasteiger partial charge in [0.2, 0.25) is 5.91 Å². The molecule has 5 heteroatoms. The van der Waals surface area contributed by atoms with Crippen molar-refractivity contribution in [3.63, 3.8) is 0 Å². The van der Waals surface area contributed by atoms with E-state index in [1.54, 1.807) is 24.3 Å².